The van der Waals surface area contributed by atoms with Crippen molar-refractivity contribution in [3.8, 4) is 0 Å². The summed E-state index contributed by atoms with van der Waals surface area (Å²) in [6.07, 6.45) is 4.33. The van der Waals surface area contributed by atoms with E-state index in [2.05, 4.69) is 10.3 Å². The molecule has 0 radical (unpaired) electrons. The fourth-order valence-corrected chi connectivity index (χ4v) is 1.08. The van der Waals surface area contributed by atoms with Gasteiger partial charge in [-0.25, -0.2) is 0 Å². The summed E-state index contributed by atoms with van der Waals surface area (Å²) in [5.41, 5.74) is 7.30. The number of nitrogens with zero attached hydrogens (tertiary/aromatic N) is 1. The third-order valence-corrected chi connectivity index (χ3v) is 2.00. The van der Waals surface area contributed by atoms with Crippen LogP contribution in [0, 0.1) is 0 Å². The summed E-state index contributed by atoms with van der Waals surface area (Å²) >= 11 is 0. The standard InChI is InChI=1S/C9H13N3/c10-7-1-2-9(11-5-7)6-12-8-3-4-8/h1-2,5,8,12H,3-4,6,10H2. The second kappa shape index (κ2) is 3.11. The van der Waals surface area contributed by atoms with E-state index in [9.17, 15) is 0 Å². The van der Waals surface area contributed by atoms with E-state index >= 15 is 0 Å². The van der Waals surface area contributed by atoms with Crippen molar-refractivity contribution in [2.24, 2.45) is 0 Å². The Hall–Kier alpha value is -1.09. The molecule has 1 aromatic heterocycles. The Morgan fingerprint density at radius 3 is 2.92 bits per heavy atom. The first kappa shape index (κ1) is 7.55. The van der Waals surface area contributed by atoms with Crippen LogP contribution < -0.4 is 11.1 Å². The minimum absolute atomic E-state index is 0.727. The van der Waals surface area contributed by atoms with Crippen LogP contribution in [0.5, 0.6) is 0 Å². The summed E-state index contributed by atoms with van der Waals surface area (Å²) in [6, 6.07) is 4.59. The Morgan fingerprint density at radius 1 is 1.50 bits per heavy atom. The minimum Gasteiger partial charge on any atom is -0.397 e. The molecule has 12 heavy (non-hydrogen) atoms. The Bertz CT molecular complexity index is 251. The maximum atomic E-state index is 5.51. The molecule has 1 aromatic rings. The Labute approximate surface area is 72.0 Å². The van der Waals surface area contributed by atoms with E-state index in [1.807, 2.05) is 12.1 Å². The highest BCUT2D eigenvalue weighted by Crippen LogP contribution is 2.18. The van der Waals surface area contributed by atoms with Crippen LogP contribution in [0.3, 0.4) is 0 Å². The first-order chi connectivity index (χ1) is 5.84. The number of nitrogens with two attached hydrogens (primary N) is 1. The molecule has 0 atom stereocenters. The van der Waals surface area contributed by atoms with E-state index in [-0.39, 0.29) is 0 Å². The predicted molar refractivity (Wildman–Crippen MR) is 48.5 cm³/mol. The van der Waals surface area contributed by atoms with Crippen LogP contribution in [0.15, 0.2) is 18.3 Å². The Morgan fingerprint density at radius 2 is 2.33 bits per heavy atom. The van der Waals surface area contributed by atoms with Crippen molar-refractivity contribution in [1.29, 1.82) is 0 Å². The van der Waals surface area contributed by atoms with E-state index in [1.54, 1.807) is 6.20 Å². The SMILES string of the molecule is Nc1ccc(CNC2CC2)nc1. The van der Waals surface area contributed by atoms with Crippen LogP contribution in [-0.2, 0) is 6.54 Å². The lowest BCUT2D eigenvalue weighted by Crippen LogP contribution is -2.16. The molecule has 0 bridgehead atoms. The van der Waals surface area contributed by atoms with Crippen LogP contribution in [0.25, 0.3) is 0 Å². The number of nitrogens with one attached hydrogen (secondary N) is 1. The van der Waals surface area contributed by atoms with Crippen LogP contribution in [0.1, 0.15) is 18.5 Å². The zero-order valence-corrected chi connectivity index (χ0v) is 6.96. The second-order valence-electron chi connectivity index (χ2n) is 3.24. The summed E-state index contributed by atoms with van der Waals surface area (Å²) in [5.74, 6) is 0. The molecular weight excluding hydrogens is 150 g/mol. The lowest BCUT2D eigenvalue weighted by molar-refractivity contribution is 0.675. The van der Waals surface area contributed by atoms with Gasteiger partial charge in [-0.15, -0.1) is 0 Å². The van der Waals surface area contributed by atoms with Gasteiger partial charge >= 0.3 is 0 Å². The number of aromatic nitrogens is 1. The van der Waals surface area contributed by atoms with E-state index in [1.165, 1.54) is 12.8 Å². The number of pyridine rings is 1. The third-order valence-electron chi connectivity index (χ3n) is 2.00. The van der Waals surface area contributed by atoms with Gasteiger partial charge in [-0.3, -0.25) is 4.98 Å². The van der Waals surface area contributed by atoms with Crippen molar-refractivity contribution in [2.45, 2.75) is 25.4 Å². The first-order valence-corrected chi connectivity index (χ1v) is 4.28. The van der Waals surface area contributed by atoms with Crippen LogP contribution in [0.4, 0.5) is 5.69 Å². The molecule has 64 valence electrons. The highest BCUT2D eigenvalue weighted by atomic mass is 15.0. The molecule has 0 amide bonds. The number of anilines is 1. The summed E-state index contributed by atoms with van der Waals surface area (Å²) in [5, 5.41) is 3.39. The molecule has 3 nitrogen and oxygen atoms in total. The van der Waals surface area contributed by atoms with Gasteiger partial charge in [-0.1, -0.05) is 0 Å². The van der Waals surface area contributed by atoms with E-state index in [0.717, 1.165) is 24.0 Å². The zero-order valence-electron chi connectivity index (χ0n) is 6.96. The smallest absolute Gasteiger partial charge is 0.0543 e. The molecule has 0 saturated heterocycles. The fourth-order valence-electron chi connectivity index (χ4n) is 1.08. The van der Waals surface area contributed by atoms with E-state index < -0.39 is 0 Å². The topological polar surface area (TPSA) is 50.9 Å². The Balaban J connectivity index is 1.89. The molecule has 1 saturated carbocycles. The van der Waals surface area contributed by atoms with E-state index in [0.29, 0.717) is 0 Å². The highest BCUT2D eigenvalue weighted by molar-refractivity contribution is 5.34. The summed E-state index contributed by atoms with van der Waals surface area (Å²) in [6.45, 7) is 0.866. The van der Waals surface area contributed by atoms with Crippen LogP contribution in [0.2, 0.25) is 0 Å². The first-order valence-electron chi connectivity index (χ1n) is 4.28. The van der Waals surface area contributed by atoms with Gasteiger partial charge in [-0.05, 0) is 25.0 Å². The highest BCUT2D eigenvalue weighted by Gasteiger charge is 2.19. The maximum absolute atomic E-state index is 5.51. The normalized spacial score (nSPS) is 16.3. The lowest BCUT2D eigenvalue weighted by atomic mass is 10.3. The van der Waals surface area contributed by atoms with Crippen molar-refractivity contribution in [2.75, 3.05) is 5.73 Å². The molecule has 0 aromatic carbocycles. The zero-order chi connectivity index (χ0) is 8.39. The molecule has 1 aliphatic rings. The molecule has 0 spiro atoms. The van der Waals surface area contributed by atoms with Gasteiger partial charge in [0.15, 0.2) is 0 Å². The van der Waals surface area contributed by atoms with Crippen LogP contribution >= 0.6 is 0 Å². The molecule has 0 unspecified atom stereocenters. The molecule has 1 aliphatic carbocycles. The van der Waals surface area contributed by atoms with Crippen molar-refractivity contribution >= 4 is 5.69 Å². The predicted octanol–water partition coefficient (Wildman–Crippen LogP) is 0.916. The average Bonchev–Trinajstić information content (AvgIpc) is 2.87. The van der Waals surface area contributed by atoms with Crippen molar-refractivity contribution < 1.29 is 0 Å². The van der Waals surface area contributed by atoms with Crippen LogP contribution in [-0.4, -0.2) is 11.0 Å². The average molecular weight is 163 g/mol. The molecule has 0 aliphatic heterocycles. The number of hydrogen-bond donors (Lipinski definition) is 2. The second-order valence-corrected chi connectivity index (χ2v) is 3.24. The summed E-state index contributed by atoms with van der Waals surface area (Å²) in [4.78, 5) is 4.19. The molecule has 3 N–H and O–H groups in total. The van der Waals surface area contributed by atoms with Gasteiger partial charge in [-0.2, -0.15) is 0 Å². The fraction of sp³-hybridized carbons (Fsp3) is 0.444. The molecule has 2 rings (SSSR count). The van der Waals surface area contributed by atoms with Gasteiger partial charge in [0.25, 0.3) is 0 Å². The largest absolute Gasteiger partial charge is 0.397 e. The van der Waals surface area contributed by atoms with Gasteiger partial charge in [0, 0.05) is 12.6 Å². The maximum Gasteiger partial charge on any atom is 0.0543 e. The molecule has 1 heterocycles. The van der Waals surface area contributed by atoms with Crippen molar-refractivity contribution in [3.05, 3.63) is 24.0 Å². The van der Waals surface area contributed by atoms with Gasteiger partial charge < -0.3 is 11.1 Å². The van der Waals surface area contributed by atoms with Crippen molar-refractivity contribution in [3.63, 3.8) is 0 Å². The summed E-state index contributed by atoms with van der Waals surface area (Å²) in [7, 11) is 0. The number of rotatable bonds is 3. The minimum atomic E-state index is 0.727. The molecule has 1 fully saturated rings. The Kier molecular flexibility index (Phi) is 1.96. The number of hydrogen-bond acceptors (Lipinski definition) is 3. The van der Waals surface area contributed by atoms with E-state index in [4.69, 9.17) is 5.73 Å². The lowest BCUT2D eigenvalue weighted by Gasteiger charge is -2.01. The monoisotopic (exact) mass is 163 g/mol. The number of nitrogen functional groups attached to an aromatic ring is 1. The summed E-state index contributed by atoms with van der Waals surface area (Å²) < 4.78 is 0. The van der Waals surface area contributed by atoms with Gasteiger partial charge in [0.05, 0.1) is 17.6 Å². The van der Waals surface area contributed by atoms with Gasteiger partial charge in [0.2, 0.25) is 0 Å². The quantitative estimate of drug-likeness (QED) is 0.696. The third kappa shape index (κ3) is 1.95. The molecular formula is C9H13N3. The van der Waals surface area contributed by atoms with Gasteiger partial charge in [0.1, 0.15) is 0 Å². The van der Waals surface area contributed by atoms with Crippen molar-refractivity contribution in [1.82, 2.24) is 10.3 Å². The molecule has 3 heteroatoms.